The Kier molecular flexibility index (Phi) is 6.61. The number of rotatable bonds is 4. The lowest BCUT2D eigenvalue weighted by atomic mass is 9.66. The third kappa shape index (κ3) is 4.34. The van der Waals surface area contributed by atoms with Crippen LogP contribution in [0.2, 0.25) is 0 Å². The molecule has 2 atom stereocenters. The molecule has 2 heterocycles. The summed E-state index contributed by atoms with van der Waals surface area (Å²) in [4.78, 5) is 0. The standard InChI is InChI=1S/C47H34N2O/c1-3-15-31(16-4-1)34-19-7-8-22-37(34)43-30-42(48-46(49-43)32-17-5-2-6-18-32)33-27-28-41-45(29-33)50-44-26-14-13-25-40(44)47(41)38-23-11-9-20-35(38)36-21-10-12-24-39(36)47/h1-30,43,46,48-49H/t43-,46?/m1/s1. The average Bonchev–Trinajstić information content (AvgIpc) is 3.49. The van der Waals surface area contributed by atoms with Crippen LogP contribution in [0.15, 0.2) is 182 Å². The molecule has 2 N–H and O–H groups in total. The maximum Gasteiger partial charge on any atom is 0.132 e. The van der Waals surface area contributed by atoms with Gasteiger partial charge in [-0.15, -0.1) is 0 Å². The summed E-state index contributed by atoms with van der Waals surface area (Å²) in [7, 11) is 0. The first-order valence-electron chi connectivity index (χ1n) is 17.3. The van der Waals surface area contributed by atoms with Crippen molar-refractivity contribution < 1.29 is 4.74 Å². The first-order chi connectivity index (χ1) is 24.8. The topological polar surface area (TPSA) is 33.3 Å². The molecule has 7 aromatic carbocycles. The summed E-state index contributed by atoms with van der Waals surface area (Å²) in [6.07, 6.45) is 2.23. The quantitative estimate of drug-likeness (QED) is 0.200. The lowest BCUT2D eigenvalue weighted by Gasteiger charge is -2.40. The normalized spacial score (nSPS) is 17.7. The lowest BCUT2D eigenvalue weighted by Crippen LogP contribution is -2.39. The molecule has 0 fully saturated rings. The van der Waals surface area contributed by atoms with Gasteiger partial charge in [0.1, 0.15) is 17.7 Å². The fraction of sp³-hybridized carbons (Fsp3) is 0.0638. The Labute approximate surface area is 292 Å². The summed E-state index contributed by atoms with van der Waals surface area (Å²) in [6, 6.07) is 63.1. The predicted molar refractivity (Wildman–Crippen MR) is 202 cm³/mol. The Morgan fingerprint density at radius 3 is 1.78 bits per heavy atom. The Morgan fingerprint density at radius 2 is 1.04 bits per heavy atom. The van der Waals surface area contributed by atoms with E-state index in [9.17, 15) is 0 Å². The largest absolute Gasteiger partial charge is 0.457 e. The van der Waals surface area contributed by atoms with Crippen molar-refractivity contribution in [2.45, 2.75) is 17.6 Å². The number of ether oxygens (including phenoxy) is 1. The van der Waals surface area contributed by atoms with Gasteiger partial charge in [0.15, 0.2) is 0 Å². The SMILES string of the molecule is C1=C(c2ccc3c(c2)Oc2ccccc2C32c3ccccc3-c3ccccc32)NC(c2ccccc2)N[C@H]1c1ccccc1-c1ccccc1. The number of benzene rings is 7. The fourth-order valence-corrected chi connectivity index (χ4v) is 8.50. The van der Waals surface area contributed by atoms with Crippen molar-refractivity contribution in [1.29, 1.82) is 0 Å². The van der Waals surface area contributed by atoms with E-state index in [1.807, 2.05) is 0 Å². The smallest absolute Gasteiger partial charge is 0.132 e. The second kappa shape index (κ2) is 11.5. The van der Waals surface area contributed by atoms with Crippen LogP contribution >= 0.6 is 0 Å². The van der Waals surface area contributed by atoms with E-state index in [1.54, 1.807) is 0 Å². The van der Waals surface area contributed by atoms with Gasteiger partial charge in [0, 0.05) is 22.4 Å². The van der Waals surface area contributed by atoms with Crippen LogP contribution in [0.4, 0.5) is 0 Å². The van der Waals surface area contributed by atoms with Crippen LogP contribution in [0.1, 0.15) is 51.2 Å². The summed E-state index contributed by atoms with van der Waals surface area (Å²) >= 11 is 0. The Balaban J connectivity index is 1.15. The van der Waals surface area contributed by atoms with Gasteiger partial charge in [-0.05, 0) is 62.7 Å². The van der Waals surface area contributed by atoms with Crippen molar-refractivity contribution in [2.75, 3.05) is 0 Å². The van der Waals surface area contributed by atoms with Crippen LogP contribution < -0.4 is 15.4 Å². The first-order valence-corrected chi connectivity index (χ1v) is 17.3. The van der Waals surface area contributed by atoms with E-state index in [4.69, 9.17) is 4.74 Å². The third-order valence-corrected chi connectivity index (χ3v) is 10.7. The van der Waals surface area contributed by atoms with E-state index in [2.05, 4.69) is 193 Å². The molecule has 238 valence electrons. The van der Waals surface area contributed by atoms with Gasteiger partial charge in [0.25, 0.3) is 0 Å². The molecule has 10 rings (SSSR count). The zero-order valence-electron chi connectivity index (χ0n) is 27.4. The van der Waals surface area contributed by atoms with E-state index >= 15 is 0 Å². The van der Waals surface area contributed by atoms with Crippen LogP contribution in [0.25, 0.3) is 28.0 Å². The highest BCUT2D eigenvalue weighted by Gasteiger charge is 2.51. The van der Waals surface area contributed by atoms with Crippen molar-refractivity contribution >= 4 is 5.70 Å². The monoisotopic (exact) mass is 642 g/mol. The van der Waals surface area contributed by atoms with E-state index in [0.717, 1.165) is 28.3 Å². The van der Waals surface area contributed by atoms with Gasteiger partial charge in [-0.2, -0.15) is 0 Å². The van der Waals surface area contributed by atoms with Gasteiger partial charge in [-0.1, -0.05) is 164 Å². The molecular formula is C47H34N2O. The zero-order chi connectivity index (χ0) is 33.1. The molecule has 0 radical (unpaired) electrons. The van der Waals surface area contributed by atoms with E-state index in [0.29, 0.717) is 0 Å². The van der Waals surface area contributed by atoms with Crippen LogP contribution in [0, 0.1) is 0 Å². The molecule has 1 unspecified atom stereocenters. The Morgan fingerprint density at radius 1 is 0.460 bits per heavy atom. The fourth-order valence-electron chi connectivity index (χ4n) is 8.50. The third-order valence-electron chi connectivity index (χ3n) is 10.7. The Bertz CT molecular complexity index is 2390. The highest BCUT2D eigenvalue weighted by Crippen LogP contribution is 2.62. The van der Waals surface area contributed by atoms with Crippen molar-refractivity contribution in [3.8, 4) is 33.8 Å². The molecule has 3 heteroatoms. The molecule has 0 aromatic heterocycles. The molecule has 2 aliphatic heterocycles. The molecule has 50 heavy (non-hydrogen) atoms. The number of hydrogen-bond acceptors (Lipinski definition) is 3. The van der Waals surface area contributed by atoms with Crippen molar-refractivity contribution in [3.05, 3.63) is 221 Å². The van der Waals surface area contributed by atoms with E-state index < -0.39 is 5.41 Å². The van der Waals surface area contributed by atoms with Crippen molar-refractivity contribution in [2.24, 2.45) is 0 Å². The maximum absolute atomic E-state index is 6.85. The molecule has 1 aliphatic carbocycles. The second-order valence-corrected chi connectivity index (χ2v) is 13.3. The van der Waals surface area contributed by atoms with E-state index in [-0.39, 0.29) is 12.2 Å². The number of nitrogens with one attached hydrogen (secondary N) is 2. The molecule has 7 aromatic rings. The number of para-hydroxylation sites is 1. The summed E-state index contributed by atoms with van der Waals surface area (Å²) in [6.45, 7) is 0. The molecular weight excluding hydrogens is 609 g/mol. The summed E-state index contributed by atoms with van der Waals surface area (Å²) in [5, 5.41) is 7.77. The van der Waals surface area contributed by atoms with Gasteiger partial charge < -0.3 is 10.1 Å². The number of fused-ring (bicyclic) bond motifs is 9. The van der Waals surface area contributed by atoms with Gasteiger partial charge in [-0.3, -0.25) is 5.32 Å². The molecule has 3 aliphatic rings. The summed E-state index contributed by atoms with van der Waals surface area (Å²) in [5.41, 5.74) is 14.0. The lowest BCUT2D eigenvalue weighted by molar-refractivity contribution is 0.434. The van der Waals surface area contributed by atoms with Crippen LogP contribution in [0.5, 0.6) is 11.5 Å². The van der Waals surface area contributed by atoms with Gasteiger partial charge in [0.2, 0.25) is 0 Å². The second-order valence-electron chi connectivity index (χ2n) is 13.3. The van der Waals surface area contributed by atoms with Crippen molar-refractivity contribution in [1.82, 2.24) is 10.6 Å². The average molecular weight is 643 g/mol. The van der Waals surface area contributed by atoms with E-state index in [1.165, 1.54) is 50.1 Å². The first kappa shape index (κ1) is 28.8. The van der Waals surface area contributed by atoms with Gasteiger partial charge in [-0.25, -0.2) is 0 Å². The molecule has 0 bridgehead atoms. The maximum atomic E-state index is 6.85. The zero-order valence-corrected chi connectivity index (χ0v) is 27.4. The van der Waals surface area contributed by atoms with Crippen LogP contribution in [-0.2, 0) is 5.41 Å². The highest BCUT2D eigenvalue weighted by atomic mass is 16.5. The summed E-state index contributed by atoms with van der Waals surface area (Å²) in [5.74, 6) is 1.78. The molecule has 3 nitrogen and oxygen atoms in total. The molecule has 0 amide bonds. The molecule has 0 saturated heterocycles. The number of hydrogen-bond donors (Lipinski definition) is 2. The Hall–Kier alpha value is -6.16. The molecule has 0 saturated carbocycles. The minimum absolute atomic E-state index is 0.0366. The predicted octanol–water partition coefficient (Wildman–Crippen LogP) is 10.8. The van der Waals surface area contributed by atoms with Crippen LogP contribution in [-0.4, -0.2) is 0 Å². The minimum Gasteiger partial charge on any atom is -0.457 e. The minimum atomic E-state index is -0.477. The summed E-state index contributed by atoms with van der Waals surface area (Å²) < 4.78 is 6.85. The van der Waals surface area contributed by atoms with Crippen molar-refractivity contribution in [3.63, 3.8) is 0 Å². The molecule has 1 spiro atoms. The highest BCUT2D eigenvalue weighted by molar-refractivity contribution is 5.89. The van der Waals surface area contributed by atoms with Crippen LogP contribution in [0.3, 0.4) is 0 Å². The van der Waals surface area contributed by atoms with Gasteiger partial charge >= 0.3 is 0 Å². The van der Waals surface area contributed by atoms with Gasteiger partial charge in [0.05, 0.1) is 11.5 Å².